The second kappa shape index (κ2) is 99.9. The van der Waals surface area contributed by atoms with Gasteiger partial charge in [-0.15, -0.1) is 0 Å². The van der Waals surface area contributed by atoms with Crippen molar-refractivity contribution in [2.45, 2.75) is 0 Å². The molecule has 0 aromatic heterocycles. The molecule has 0 N–H and O–H groups in total. The molecular weight excluding hydrogens is 420 g/mol. The van der Waals surface area contributed by atoms with Crippen LogP contribution < -0.4 is 0 Å². The van der Waals surface area contributed by atoms with Crippen LogP contribution in [0.4, 0.5) is 0 Å². The van der Waals surface area contributed by atoms with Gasteiger partial charge in [0.15, 0.2) is 0 Å². The predicted molar refractivity (Wildman–Crippen MR) is 51.8 cm³/mol. The Morgan fingerprint density at radius 2 is 0.0667 bits per heavy atom. The van der Waals surface area contributed by atoms with E-state index in [1.54, 1.807) is 0 Å². The number of hydrogen-bond acceptors (Lipinski definition) is 30. The van der Waals surface area contributed by atoms with Gasteiger partial charge in [-0.3, -0.25) is 0 Å². The second-order valence-electron chi connectivity index (χ2n) is 0. The SMILES string of the molecule is N#N.N#N.N#N.N#N.N#N.N#N.N#N.N#N.N#N.N#N.N#N.N#N.N#N.N#N.N#N. The molecule has 0 saturated heterocycles. The maximum atomic E-state index is 6.00. The monoisotopic (exact) mass is 420 g/mol. The summed E-state index contributed by atoms with van der Waals surface area (Å²) in [4.78, 5) is 0. The Morgan fingerprint density at radius 3 is 0.0667 bits per heavy atom. The van der Waals surface area contributed by atoms with Crippen molar-refractivity contribution in [3.63, 3.8) is 0 Å². The van der Waals surface area contributed by atoms with Crippen molar-refractivity contribution >= 4 is 0 Å². The Kier molecular flexibility index (Phi) is 736. The standard InChI is InChI=1S/15N2/c15*1-2. The van der Waals surface area contributed by atoms with Crippen molar-refractivity contribution in [1.82, 2.24) is 0 Å². The van der Waals surface area contributed by atoms with Gasteiger partial charge in [0.05, 0.1) is 0 Å². The number of nitrogens with zero attached hydrogens (tertiary/aromatic N) is 30. The first-order valence-electron chi connectivity index (χ1n) is 3.00. The van der Waals surface area contributed by atoms with Gasteiger partial charge >= 0.3 is 0 Å². The molecular formula is N30. The molecule has 30 heteroatoms. The molecule has 0 aliphatic carbocycles. The lowest BCUT2D eigenvalue weighted by molar-refractivity contribution is 1.15. The zero-order valence-corrected chi connectivity index (χ0v) is 13.4. The van der Waals surface area contributed by atoms with Gasteiger partial charge in [0.25, 0.3) is 0 Å². The van der Waals surface area contributed by atoms with E-state index in [2.05, 4.69) is 0 Å². The largest absolute Gasteiger partial charge is 0 e. The van der Waals surface area contributed by atoms with Gasteiger partial charge in [0, 0.05) is 162 Å². The molecule has 0 saturated carbocycles. The zero-order chi connectivity index (χ0) is 30.0. The van der Waals surface area contributed by atoms with Gasteiger partial charge in [0.1, 0.15) is 0 Å². The molecule has 0 aromatic rings. The minimum atomic E-state index is 6.00. The third-order valence-electron chi connectivity index (χ3n) is 0. The average molecular weight is 420 g/mol. The summed E-state index contributed by atoms with van der Waals surface area (Å²) in [5.74, 6) is 0. The fourth-order valence-corrected chi connectivity index (χ4v) is 0. The topological polar surface area (TPSA) is 714 Å². The molecule has 0 radical (unpaired) electrons. The van der Waals surface area contributed by atoms with E-state index in [1.807, 2.05) is 0 Å². The number of hydrogen-bond donors (Lipinski definition) is 0. The first-order chi connectivity index (χ1) is 15.0. The van der Waals surface area contributed by atoms with Crippen LogP contribution in [0.25, 0.3) is 0 Å². The summed E-state index contributed by atoms with van der Waals surface area (Å²) < 4.78 is 0. The fourth-order valence-electron chi connectivity index (χ4n) is 0. The molecule has 0 unspecified atom stereocenters. The second-order valence-corrected chi connectivity index (χ2v) is 0. The Balaban J connectivity index is -0.00000000618. The lowest BCUT2D eigenvalue weighted by atomic mass is 13.4. The summed E-state index contributed by atoms with van der Waals surface area (Å²) in [7, 11) is 0. The maximum Gasteiger partial charge on any atom is 0 e. The molecule has 0 atom stereocenters. The van der Waals surface area contributed by atoms with E-state index in [9.17, 15) is 0 Å². The molecule has 0 spiro atoms. The third kappa shape index (κ3) is 85.4. The van der Waals surface area contributed by atoms with E-state index in [-0.39, 0.29) is 0 Å². The van der Waals surface area contributed by atoms with Crippen molar-refractivity contribution in [1.29, 1.82) is 162 Å². The van der Waals surface area contributed by atoms with Gasteiger partial charge in [-0.25, -0.2) is 0 Å². The lowest BCUT2D eigenvalue weighted by Gasteiger charge is -0.577. The average Bonchev–Trinajstić information content (AvgIpc) is 3.00. The normalized spacial score (nSPS) is 1.00. The molecule has 0 fully saturated rings. The molecule has 30 heavy (non-hydrogen) atoms. The molecule has 0 aromatic carbocycles. The summed E-state index contributed by atoms with van der Waals surface area (Å²) in [5, 5.41) is 180. The predicted octanol–water partition coefficient (Wildman–Crippen LogP) is 0.452. The van der Waals surface area contributed by atoms with Crippen molar-refractivity contribution in [2.24, 2.45) is 0 Å². The van der Waals surface area contributed by atoms with E-state index in [0.29, 0.717) is 0 Å². The van der Waals surface area contributed by atoms with Crippen LogP contribution in [0.15, 0.2) is 0 Å². The van der Waals surface area contributed by atoms with E-state index in [0.717, 1.165) is 0 Å². The minimum absolute atomic E-state index is 6.00. The van der Waals surface area contributed by atoms with Crippen LogP contribution >= 0.6 is 0 Å². The van der Waals surface area contributed by atoms with Gasteiger partial charge in [-0.05, 0) is 0 Å². The van der Waals surface area contributed by atoms with Crippen LogP contribution in [0.1, 0.15) is 0 Å². The van der Waals surface area contributed by atoms with Crippen molar-refractivity contribution < 1.29 is 0 Å². The van der Waals surface area contributed by atoms with Crippen LogP contribution in [-0.4, -0.2) is 0 Å². The first kappa shape index (κ1) is 221. The summed E-state index contributed by atoms with van der Waals surface area (Å²) in [5.41, 5.74) is 0. The number of rotatable bonds is 0. The molecule has 0 amide bonds. The lowest BCUT2D eigenvalue weighted by Crippen LogP contribution is -0.562. The van der Waals surface area contributed by atoms with Crippen molar-refractivity contribution in [3.05, 3.63) is 0 Å². The highest BCUT2D eigenvalue weighted by Gasteiger charge is 0.605. The zero-order valence-electron chi connectivity index (χ0n) is 13.4. The highest BCUT2D eigenvalue weighted by atomic mass is 14.6. The summed E-state index contributed by atoms with van der Waals surface area (Å²) in [6.07, 6.45) is 0. The molecule has 0 aliphatic rings. The minimum Gasteiger partial charge on any atom is 0 e. The van der Waals surface area contributed by atoms with E-state index >= 15 is 0 Å². The Morgan fingerprint density at radius 1 is 0.0667 bits per heavy atom. The summed E-state index contributed by atoms with van der Waals surface area (Å²) >= 11 is 0. The summed E-state index contributed by atoms with van der Waals surface area (Å²) in [6, 6.07) is 0. The quantitative estimate of drug-likeness (QED) is 0.479. The maximum absolute atomic E-state index is 6.00. The van der Waals surface area contributed by atoms with Crippen LogP contribution in [-0.2, 0) is 0 Å². The first-order valence-corrected chi connectivity index (χ1v) is 3.00. The molecule has 0 rings (SSSR count). The highest BCUT2D eigenvalue weighted by Crippen LogP contribution is 0.620. The highest BCUT2D eigenvalue weighted by molar-refractivity contribution is 2.33. The van der Waals surface area contributed by atoms with Gasteiger partial charge < -0.3 is 0 Å². The van der Waals surface area contributed by atoms with E-state index in [4.69, 9.17) is 162 Å². The van der Waals surface area contributed by atoms with Gasteiger partial charge in [-0.1, -0.05) is 0 Å². The van der Waals surface area contributed by atoms with Crippen LogP contribution in [0, 0.1) is 162 Å². The van der Waals surface area contributed by atoms with Crippen LogP contribution in [0.5, 0.6) is 0 Å². The molecule has 30 nitrogen and oxygen atoms in total. The van der Waals surface area contributed by atoms with Crippen LogP contribution in [0.3, 0.4) is 0 Å². The third-order valence-corrected chi connectivity index (χ3v) is 0. The van der Waals surface area contributed by atoms with Gasteiger partial charge in [-0.2, -0.15) is 0 Å². The van der Waals surface area contributed by atoms with Crippen LogP contribution in [0.2, 0.25) is 0 Å². The Hall–Kier alpha value is -8.70. The molecule has 150 valence electrons. The van der Waals surface area contributed by atoms with E-state index < -0.39 is 0 Å². The van der Waals surface area contributed by atoms with Gasteiger partial charge in [0.2, 0.25) is 0 Å². The van der Waals surface area contributed by atoms with Crippen molar-refractivity contribution in [3.8, 4) is 0 Å². The Bertz CT molecular complexity index is 247. The summed E-state index contributed by atoms with van der Waals surface area (Å²) in [6.45, 7) is 0. The smallest absolute Gasteiger partial charge is 0 e. The fraction of sp³-hybridized carbons (Fsp3) is 0. The van der Waals surface area contributed by atoms with Crippen molar-refractivity contribution in [2.75, 3.05) is 0 Å². The molecule has 0 heterocycles. The molecule has 0 bridgehead atoms. The van der Waals surface area contributed by atoms with E-state index in [1.165, 1.54) is 0 Å². The Labute approximate surface area is 163 Å². The molecule has 0 aliphatic heterocycles.